The highest BCUT2D eigenvalue weighted by molar-refractivity contribution is 7.89. The third kappa shape index (κ3) is 5.39. The van der Waals surface area contributed by atoms with E-state index in [0.717, 1.165) is 0 Å². The van der Waals surface area contributed by atoms with E-state index in [-0.39, 0.29) is 22.5 Å². The molecule has 0 heterocycles. The molecule has 29 heavy (non-hydrogen) atoms. The van der Waals surface area contributed by atoms with Crippen LogP contribution in [-0.4, -0.2) is 37.2 Å². The van der Waals surface area contributed by atoms with Crippen LogP contribution in [0.2, 0.25) is 0 Å². The Morgan fingerprint density at radius 2 is 1.79 bits per heavy atom. The molecule has 2 atom stereocenters. The summed E-state index contributed by atoms with van der Waals surface area (Å²) >= 11 is 0. The zero-order chi connectivity index (χ0) is 21.8. The van der Waals surface area contributed by atoms with Crippen molar-refractivity contribution >= 4 is 21.6 Å². The van der Waals surface area contributed by atoms with Gasteiger partial charge in [0.2, 0.25) is 10.0 Å². The van der Waals surface area contributed by atoms with Crippen LogP contribution in [0.5, 0.6) is 0 Å². The number of rotatable bonds is 8. The second-order valence-electron chi connectivity index (χ2n) is 6.90. The van der Waals surface area contributed by atoms with Crippen molar-refractivity contribution in [2.75, 3.05) is 7.05 Å². The van der Waals surface area contributed by atoms with Gasteiger partial charge < -0.3 is 4.90 Å². The molecule has 0 bridgehead atoms. The van der Waals surface area contributed by atoms with Gasteiger partial charge in [0.05, 0.1) is 15.9 Å². The summed E-state index contributed by atoms with van der Waals surface area (Å²) in [7, 11) is -2.05. The van der Waals surface area contributed by atoms with Crippen molar-refractivity contribution in [1.29, 1.82) is 0 Å². The number of carbonyl (C=O) groups excluding carboxylic acids is 1. The topological polar surface area (TPSA) is 110 Å². The number of sulfonamides is 1. The molecule has 0 aliphatic heterocycles. The van der Waals surface area contributed by atoms with Crippen LogP contribution in [0.1, 0.15) is 49.2 Å². The predicted molar refractivity (Wildman–Crippen MR) is 110 cm³/mol. The first-order valence-electron chi connectivity index (χ1n) is 9.20. The average Bonchev–Trinajstić information content (AvgIpc) is 2.71. The van der Waals surface area contributed by atoms with Gasteiger partial charge in [-0.15, -0.1) is 0 Å². The minimum atomic E-state index is -3.65. The van der Waals surface area contributed by atoms with E-state index in [1.54, 1.807) is 33.0 Å². The van der Waals surface area contributed by atoms with Gasteiger partial charge in [0.15, 0.2) is 0 Å². The van der Waals surface area contributed by atoms with Crippen molar-refractivity contribution < 1.29 is 18.1 Å². The van der Waals surface area contributed by atoms with Crippen molar-refractivity contribution in [1.82, 2.24) is 9.62 Å². The predicted octanol–water partition coefficient (Wildman–Crippen LogP) is 3.50. The third-order valence-corrected chi connectivity index (χ3v) is 6.45. The van der Waals surface area contributed by atoms with Gasteiger partial charge in [-0.2, -0.15) is 0 Å². The summed E-state index contributed by atoms with van der Waals surface area (Å²) in [5.41, 5.74) is 0.915. The maximum absolute atomic E-state index is 12.8. The highest BCUT2D eigenvalue weighted by Gasteiger charge is 2.22. The molecule has 0 saturated heterocycles. The molecule has 0 aliphatic carbocycles. The molecule has 2 aromatic rings. The lowest BCUT2D eigenvalue weighted by molar-refractivity contribution is -0.384. The van der Waals surface area contributed by atoms with E-state index >= 15 is 0 Å². The maximum atomic E-state index is 12.8. The van der Waals surface area contributed by atoms with Crippen LogP contribution in [0.3, 0.4) is 0 Å². The summed E-state index contributed by atoms with van der Waals surface area (Å²) in [6.45, 7) is 5.43. The standard InChI is InChI=1S/C20H25N3O5S/c1-5-14(2)21-29(27,28)19-11-9-16(10-12-19)20(24)22(4)15(3)17-7-6-8-18(13-17)23(25)26/h6-15,21H,5H2,1-4H3/t14-,15-/m1/s1. The normalized spacial score (nSPS) is 13.5. The van der Waals surface area contributed by atoms with E-state index in [2.05, 4.69) is 4.72 Å². The second-order valence-corrected chi connectivity index (χ2v) is 8.61. The summed E-state index contributed by atoms with van der Waals surface area (Å²) in [5.74, 6) is -0.317. The molecule has 1 N–H and O–H groups in total. The zero-order valence-electron chi connectivity index (χ0n) is 16.8. The number of hydrogen-bond acceptors (Lipinski definition) is 5. The van der Waals surface area contributed by atoms with Crippen LogP contribution >= 0.6 is 0 Å². The molecule has 0 fully saturated rings. The number of carbonyl (C=O) groups is 1. The summed E-state index contributed by atoms with van der Waals surface area (Å²) in [6, 6.07) is 11.2. The first-order chi connectivity index (χ1) is 13.6. The molecular formula is C20H25N3O5S. The Hall–Kier alpha value is -2.78. The van der Waals surface area contributed by atoms with E-state index in [1.165, 1.54) is 41.3 Å². The molecular weight excluding hydrogens is 394 g/mol. The summed E-state index contributed by atoms with van der Waals surface area (Å²) in [5, 5.41) is 11.0. The molecule has 0 aromatic heterocycles. The Labute approximate surface area is 170 Å². The molecule has 156 valence electrons. The smallest absolute Gasteiger partial charge is 0.269 e. The van der Waals surface area contributed by atoms with Crippen molar-refractivity contribution in [3.63, 3.8) is 0 Å². The Kier molecular flexibility index (Phi) is 7.10. The highest BCUT2D eigenvalue weighted by atomic mass is 32.2. The van der Waals surface area contributed by atoms with Crippen molar-refractivity contribution in [2.24, 2.45) is 0 Å². The Morgan fingerprint density at radius 1 is 1.17 bits per heavy atom. The number of hydrogen-bond donors (Lipinski definition) is 1. The fraction of sp³-hybridized carbons (Fsp3) is 0.350. The first kappa shape index (κ1) is 22.5. The number of amides is 1. The van der Waals surface area contributed by atoms with Crippen LogP contribution in [0.15, 0.2) is 53.4 Å². The van der Waals surface area contributed by atoms with Gasteiger partial charge in [0.25, 0.3) is 11.6 Å². The van der Waals surface area contributed by atoms with E-state index < -0.39 is 21.0 Å². The highest BCUT2D eigenvalue weighted by Crippen LogP contribution is 2.24. The summed E-state index contributed by atoms with van der Waals surface area (Å²) < 4.78 is 27.2. The van der Waals surface area contributed by atoms with E-state index in [1.807, 2.05) is 6.92 Å². The van der Waals surface area contributed by atoms with Gasteiger partial charge in [-0.1, -0.05) is 19.1 Å². The van der Waals surface area contributed by atoms with Crippen LogP contribution in [0.25, 0.3) is 0 Å². The van der Waals surface area contributed by atoms with Gasteiger partial charge in [-0.25, -0.2) is 13.1 Å². The number of benzene rings is 2. The fourth-order valence-corrected chi connectivity index (χ4v) is 4.02. The molecule has 2 rings (SSSR count). The van der Waals surface area contributed by atoms with Crippen LogP contribution in [0, 0.1) is 10.1 Å². The minimum Gasteiger partial charge on any atom is -0.335 e. The molecule has 0 radical (unpaired) electrons. The molecule has 0 aliphatic rings. The van der Waals surface area contributed by atoms with E-state index in [4.69, 9.17) is 0 Å². The third-order valence-electron chi connectivity index (χ3n) is 4.85. The second kappa shape index (κ2) is 9.15. The summed E-state index contributed by atoms with van der Waals surface area (Å²) in [4.78, 5) is 24.8. The lowest BCUT2D eigenvalue weighted by atomic mass is 10.1. The average molecular weight is 420 g/mol. The summed E-state index contributed by atoms with van der Waals surface area (Å²) in [6.07, 6.45) is 0.663. The van der Waals surface area contributed by atoms with Gasteiger partial charge >= 0.3 is 0 Å². The monoisotopic (exact) mass is 419 g/mol. The number of nitro groups is 1. The van der Waals surface area contributed by atoms with Gasteiger partial charge in [-0.05, 0) is 50.1 Å². The van der Waals surface area contributed by atoms with E-state index in [0.29, 0.717) is 17.5 Å². The Balaban J connectivity index is 2.19. The first-order valence-corrected chi connectivity index (χ1v) is 10.7. The molecule has 0 saturated carbocycles. The maximum Gasteiger partial charge on any atom is 0.269 e. The van der Waals surface area contributed by atoms with Crippen molar-refractivity contribution in [3.8, 4) is 0 Å². The van der Waals surface area contributed by atoms with Gasteiger partial charge in [0, 0.05) is 30.8 Å². The van der Waals surface area contributed by atoms with Gasteiger partial charge in [-0.3, -0.25) is 14.9 Å². The van der Waals surface area contributed by atoms with E-state index in [9.17, 15) is 23.3 Å². The fourth-order valence-electron chi connectivity index (χ4n) is 2.69. The van der Waals surface area contributed by atoms with Crippen LogP contribution < -0.4 is 4.72 Å². The van der Waals surface area contributed by atoms with Crippen LogP contribution in [0.4, 0.5) is 5.69 Å². The number of nitro benzene ring substituents is 1. The Morgan fingerprint density at radius 3 is 2.34 bits per heavy atom. The Bertz CT molecular complexity index is 989. The zero-order valence-corrected chi connectivity index (χ0v) is 17.6. The van der Waals surface area contributed by atoms with Crippen molar-refractivity contribution in [3.05, 3.63) is 69.8 Å². The molecule has 0 spiro atoms. The molecule has 2 aromatic carbocycles. The molecule has 0 unspecified atom stereocenters. The largest absolute Gasteiger partial charge is 0.335 e. The number of nitrogens with zero attached hydrogens (tertiary/aromatic N) is 2. The molecule has 9 heteroatoms. The van der Waals surface area contributed by atoms with Gasteiger partial charge in [0.1, 0.15) is 0 Å². The molecule has 1 amide bonds. The molecule has 8 nitrogen and oxygen atoms in total. The van der Waals surface area contributed by atoms with Crippen LogP contribution in [-0.2, 0) is 10.0 Å². The number of non-ortho nitro benzene ring substituents is 1. The lowest BCUT2D eigenvalue weighted by Gasteiger charge is -2.25. The number of nitrogens with one attached hydrogen (secondary N) is 1. The lowest BCUT2D eigenvalue weighted by Crippen LogP contribution is -2.32. The minimum absolute atomic E-state index is 0.0430. The quantitative estimate of drug-likeness (QED) is 0.520. The van der Waals surface area contributed by atoms with Crippen molar-refractivity contribution in [2.45, 2.75) is 44.2 Å². The SMILES string of the molecule is CC[C@@H](C)NS(=O)(=O)c1ccc(C(=O)N(C)[C@H](C)c2cccc([N+](=O)[O-])c2)cc1.